The maximum atomic E-state index is 5.89. The molecule has 0 aliphatic rings. The highest BCUT2D eigenvalue weighted by molar-refractivity contribution is 9.10. The fourth-order valence-electron chi connectivity index (χ4n) is 1.72. The Kier molecular flexibility index (Phi) is 5.85. The van der Waals surface area contributed by atoms with Gasteiger partial charge in [0.15, 0.2) is 0 Å². The van der Waals surface area contributed by atoms with Gasteiger partial charge in [-0.15, -0.1) is 0 Å². The molecule has 90 valence electrons. The van der Waals surface area contributed by atoms with E-state index in [1.165, 1.54) is 0 Å². The van der Waals surface area contributed by atoms with Gasteiger partial charge in [0.05, 0.1) is 6.61 Å². The molecule has 1 aromatic carbocycles. The van der Waals surface area contributed by atoms with Crippen LogP contribution in [0.3, 0.4) is 0 Å². The molecule has 0 fully saturated rings. The minimum absolute atomic E-state index is 0.246. The van der Waals surface area contributed by atoms with E-state index in [2.05, 4.69) is 29.8 Å². The molecular weight excluding hydrogens is 266 g/mol. The van der Waals surface area contributed by atoms with Crippen molar-refractivity contribution in [2.75, 3.05) is 6.61 Å². The molecule has 0 saturated carbocycles. The van der Waals surface area contributed by atoms with Crippen LogP contribution in [0.2, 0.25) is 0 Å². The summed E-state index contributed by atoms with van der Waals surface area (Å²) in [6, 6.07) is 8.16. The Balaban J connectivity index is 2.35. The quantitative estimate of drug-likeness (QED) is 0.867. The van der Waals surface area contributed by atoms with Crippen LogP contribution in [-0.4, -0.2) is 12.6 Å². The number of nitrogens with two attached hydrogens (primary N) is 1. The van der Waals surface area contributed by atoms with E-state index < -0.39 is 0 Å². The second-order valence-corrected chi connectivity index (χ2v) is 5.04. The number of ether oxygens (including phenoxy) is 1. The van der Waals surface area contributed by atoms with Crippen LogP contribution in [0.1, 0.15) is 26.7 Å². The molecule has 0 amide bonds. The summed E-state index contributed by atoms with van der Waals surface area (Å²) in [5, 5.41) is 0. The van der Waals surface area contributed by atoms with Crippen molar-refractivity contribution in [1.82, 2.24) is 0 Å². The molecule has 0 saturated heterocycles. The minimum Gasteiger partial charge on any atom is -0.494 e. The number of halogens is 1. The summed E-state index contributed by atoms with van der Waals surface area (Å²) < 4.78 is 6.73. The van der Waals surface area contributed by atoms with Gasteiger partial charge in [0.2, 0.25) is 0 Å². The zero-order valence-electron chi connectivity index (χ0n) is 9.95. The minimum atomic E-state index is 0.246. The summed E-state index contributed by atoms with van der Waals surface area (Å²) in [5.74, 6) is 1.46. The predicted molar refractivity (Wildman–Crippen MR) is 71.7 cm³/mol. The Hall–Kier alpha value is -0.540. The highest BCUT2D eigenvalue weighted by Gasteiger charge is 2.11. The number of rotatable bonds is 6. The number of hydrogen-bond acceptors (Lipinski definition) is 2. The Bertz CT molecular complexity index is 315. The lowest BCUT2D eigenvalue weighted by atomic mass is 9.96. The van der Waals surface area contributed by atoms with Crippen molar-refractivity contribution < 1.29 is 4.74 Å². The van der Waals surface area contributed by atoms with Crippen LogP contribution < -0.4 is 10.5 Å². The normalized spacial score (nSPS) is 14.5. The number of hydrogen-bond donors (Lipinski definition) is 1. The molecule has 0 bridgehead atoms. The van der Waals surface area contributed by atoms with E-state index in [1.807, 2.05) is 24.3 Å². The van der Waals surface area contributed by atoms with Gasteiger partial charge < -0.3 is 10.5 Å². The fraction of sp³-hybridized carbons (Fsp3) is 0.538. The van der Waals surface area contributed by atoms with Gasteiger partial charge in [-0.05, 0) is 37.5 Å². The Morgan fingerprint density at radius 2 is 2.19 bits per heavy atom. The SMILES string of the molecule is CCC(CCOc1cccc(Br)c1)C(C)N. The molecule has 0 radical (unpaired) electrons. The maximum absolute atomic E-state index is 5.89. The van der Waals surface area contributed by atoms with Crippen LogP contribution in [0.4, 0.5) is 0 Å². The van der Waals surface area contributed by atoms with E-state index in [0.717, 1.165) is 29.7 Å². The van der Waals surface area contributed by atoms with Gasteiger partial charge in [-0.25, -0.2) is 0 Å². The monoisotopic (exact) mass is 285 g/mol. The standard InChI is InChI=1S/C13H20BrNO/c1-3-11(10(2)15)7-8-16-13-6-4-5-12(14)9-13/h4-6,9-11H,3,7-8,15H2,1-2H3. The van der Waals surface area contributed by atoms with E-state index in [0.29, 0.717) is 5.92 Å². The van der Waals surface area contributed by atoms with Crippen LogP contribution in [0, 0.1) is 5.92 Å². The lowest BCUT2D eigenvalue weighted by molar-refractivity contribution is 0.261. The molecule has 3 heteroatoms. The summed E-state index contributed by atoms with van der Waals surface area (Å²) in [6.07, 6.45) is 2.13. The molecule has 2 unspecified atom stereocenters. The summed E-state index contributed by atoms with van der Waals surface area (Å²) in [6.45, 7) is 4.97. The first kappa shape index (κ1) is 13.5. The Labute approximate surface area is 106 Å². The summed E-state index contributed by atoms with van der Waals surface area (Å²) in [5.41, 5.74) is 5.89. The van der Waals surface area contributed by atoms with Gasteiger partial charge in [0.25, 0.3) is 0 Å². The van der Waals surface area contributed by atoms with Crippen LogP contribution in [0.15, 0.2) is 28.7 Å². The molecule has 0 aromatic heterocycles. The third kappa shape index (κ3) is 4.54. The van der Waals surface area contributed by atoms with Crippen LogP contribution in [-0.2, 0) is 0 Å². The van der Waals surface area contributed by atoms with E-state index in [-0.39, 0.29) is 6.04 Å². The number of benzene rings is 1. The molecule has 0 aliphatic heterocycles. The van der Waals surface area contributed by atoms with E-state index in [9.17, 15) is 0 Å². The predicted octanol–water partition coefficient (Wildman–Crippen LogP) is 3.59. The average Bonchev–Trinajstić information content (AvgIpc) is 2.24. The van der Waals surface area contributed by atoms with Gasteiger partial charge in [-0.1, -0.05) is 35.3 Å². The first-order chi connectivity index (χ1) is 7.63. The van der Waals surface area contributed by atoms with E-state index in [1.54, 1.807) is 0 Å². The van der Waals surface area contributed by atoms with E-state index >= 15 is 0 Å². The fourth-order valence-corrected chi connectivity index (χ4v) is 2.10. The lowest BCUT2D eigenvalue weighted by Crippen LogP contribution is -2.27. The second-order valence-electron chi connectivity index (χ2n) is 4.12. The second kappa shape index (κ2) is 6.92. The molecule has 1 aromatic rings. The smallest absolute Gasteiger partial charge is 0.120 e. The molecule has 2 atom stereocenters. The van der Waals surface area contributed by atoms with Crippen molar-refractivity contribution in [2.24, 2.45) is 11.7 Å². The molecule has 2 nitrogen and oxygen atoms in total. The molecular formula is C13H20BrNO. The lowest BCUT2D eigenvalue weighted by Gasteiger charge is -2.18. The van der Waals surface area contributed by atoms with Crippen molar-refractivity contribution in [1.29, 1.82) is 0 Å². The van der Waals surface area contributed by atoms with Crippen molar-refractivity contribution in [3.8, 4) is 5.75 Å². The molecule has 0 heterocycles. The van der Waals surface area contributed by atoms with Crippen molar-refractivity contribution in [3.63, 3.8) is 0 Å². The van der Waals surface area contributed by atoms with E-state index in [4.69, 9.17) is 10.5 Å². The summed E-state index contributed by atoms with van der Waals surface area (Å²) in [4.78, 5) is 0. The Morgan fingerprint density at radius 3 is 2.75 bits per heavy atom. The van der Waals surface area contributed by atoms with Crippen molar-refractivity contribution >= 4 is 15.9 Å². The first-order valence-corrected chi connectivity index (χ1v) is 6.56. The van der Waals surface area contributed by atoms with Crippen molar-refractivity contribution in [3.05, 3.63) is 28.7 Å². The summed E-state index contributed by atoms with van der Waals surface area (Å²) >= 11 is 3.42. The molecule has 0 aliphatic carbocycles. The molecule has 0 spiro atoms. The van der Waals surface area contributed by atoms with Crippen LogP contribution in [0.5, 0.6) is 5.75 Å². The highest BCUT2D eigenvalue weighted by atomic mass is 79.9. The van der Waals surface area contributed by atoms with Gasteiger partial charge in [-0.2, -0.15) is 0 Å². The molecule has 16 heavy (non-hydrogen) atoms. The maximum Gasteiger partial charge on any atom is 0.120 e. The zero-order chi connectivity index (χ0) is 12.0. The van der Waals surface area contributed by atoms with Gasteiger partial charge in [0.1, 0.15) is 5.75 Å². The average molecular weight is 286 g/mol. The third-order valence-corrected chi connectivity index (χ3v) is 3.31. The molecule has 1 rings (SSSR count). The van der Waals surface area contributed by atoms with Gasteiger partial charge in [0, 0.05) is 10.5 Å². The third-order valence-electron chi connectivity index (χ3n) is 2.82. The summed E-state index contributed by atoms with van der Waals surface area (Å²) in [7, 11) is 0. The zero-order valence-corrected chi connectivity index (χ0v) is 11.5. The first-order valence-electron chi connectivity index (χ1n) is 5.77. The largest absolute Gasteiger partial charge is 0.494 e. The van der Waals surface area contributed by atoms with Gasteiger partial charge in [-0.3, -0.25) is 0 Å². The van der Waals surface area contributed by atoms with Crippen LogP contribution in [0.25, 0.3) is 0 Å². The Morgan fingerprint density at radius 1 is 1.44 bits per heavy atom. The van der Waals surface area contributed by atoms with Crippen molar-refractivity contribution in [2.45, 2.75) is 32.7 Å². The van der Waals surface area contributed by atoms with Crippen LogP contribution >= 0.6 is 15.9 Å². The topological polar surface area (TPSA) is 35.2 Å². The van der Waals surface area contributed by atoms with Gasteiger partial charge >= 0.3 is 0 Å². The highest BCUT2D eigenvalue weighted by Crippen LogP contribution is 2.19. The molecule has 2 N–H and O–H groups in total.